The molecule has 1 atom stereocenters. The van der Waals surface area contributed by atoms with E-state index in [0.29, 0.717) is 6.04 Å². The first kappa shape index (κ1) is 11.1. The maximum Gasteiger partial charge on any atom is 0.131 e. The maximum absolute atomic E-state index is 10.2. The van der Waals surface area contributed by atoms with Crippen LogP contribution in [0.25, 0.3) is 0 Å². The van der Waals surface area contributed by atoms with Gasteiger partial charge in [-0.3, -0.25) is 0 Å². The molecule has 1 aromatic rings. The molecular formula is C14H20N2O. The van der Waals surface area contributed by atoms with Crippen molar-refractivity contribution in [2.45, 2.75) is 31.5 Å². The first-order valence-electron chi connectivity index (χ1n) is 6.48. The Morgan fingerprint density at radius 3 is 2.65 bits per heavy atom. The average Bonchev–Trinajstić information content (AvgIpc) is 2.66. The minimum atomic E-state index is -0.319. The summed E-state index contributed by atoms with van der Waals surface area (Å²) in [5.74, 6) is 0. The predicted octanol–water partition coefficient (Wildman–Crippen LogP) is 1.46. The van der Waals surface area contributed by atoms with Gasteiger partial charge in [-0.05, 0) is 44.6 Å². The van der Waals surface area contributed by atoms with E-state index in [-0.39, 0.29) is 6.23 Å². The van der Waals surface area contributed by atoms with E-state index in [2.05, 4.69) is 41.1 Å². The van der Waals surface area contributed by atoms with Gasteiger partial charge in [0.1, 0.15) is 6.23 Å². The molecule has 0 aromatic heterocycles. The second-order valence-corrected chi connectivity index (χ2v) is 5.26. The Hall–Kier alpha value is -1.06. The van der Waals surface area contributed by atoms with Crippen LogP contribution in [0.15, 0.2) is 24.3 Å². The van der Waals surface area contributed by atoms with Gasteiger partial charge in [0.2, 0.25) is 0 Å². The molecule has 3 nitrogen and oxygen atoms in total. The van der Waals surface area contributed by atoms with Crippen molar-refractivity contribution in [3.63, 3.8) is 0 Å². The van der Waals surface area contributed by atoms with Crippen LogP contribution in [0.2, 0.25) is 0 Å². The van der Waals surface area contributed by atoms with Crippen molar-refractivity contribution < 1.29 is 5.11 Å². The van der Waals surface area contributed by atoms with Crippen molar-refractivity contribution >= 4 is 5.69 Å². The third-order valence-corrected chi connectivity index (χ3v) is 4.07. The van der Waals surface area contributed by atoms with Gasteiger partial charge in [-0.1, -0.05) is 18.2 Å². The fraction of sp³-hybridized carbons (Fsp3) is 0.571. The van der Waals surface area contributed by atoms with Crippen LogP contribution >= 0.6 is 0 Å². The summed E-state index contributed by atoms with van der Waals surface area (Å²) in [5, 5.41) is 10.2. The summed E-state index contributed by atoms with van der Waals surface area (Å²) in [6, 6.07) is 8.91. The number of nitrogens with zero attached hydrogens (tertiary/aromatic N) is 2. The number of para-hydroxylation sites is 1. The van der Waals surface area contributed by atoms with Crippen molar-refractivity contribution in [2.75, 3.05) is 25.0 Å². The number of hydrogen-bond donors (Lipinski definition) is 1. The van der Waals surface area contributed by atoms with Crippen LogP contribution in [0.5, 0.6) is 0 Å². The van der Waals surface area contributed by atoms with Crippen LogP contribution in [0, 0.1) is 0 Å². The minimum Gasteiger partial charge on any atom is -0.373 e. The highest BCUT2D eigenvalue weighted by Gasteiger charge is 2.33. The van der Waals surface area contributed by atoms with Crippen LogP contribution in [-0.2, 0) is 6.42 Å². The molecule has 2 aliphatic rings. The van der Waals surface area contributed by atoms with Crippen molar-refractivity contribution in [3.05, 3.63) is 29.8 Å². The highest BCUT2D eigenvalue weighted by atomic mass is 16.3. The lowest BCUT2D eigenvalue weighted by Crippen LogP contribution is -2.47. The summed E-state index contributed by atoms with van der Waals surface area (Å²) in [4.78, 5) is 4.60. The summed E-state index contributed by atoms with van der Waals surface area (Å²) in [6.45, 7) is 2.27. The van der Waals surface area contributed by atoms with Crippen molar-refractivity contribution in [1.82, 2.24) is 4.90 Å². The molecule has 0 bridgehead atoms. The summed E-state index contributed by atoms with van der Waals surface area (Å²) in [7, 11) is 2.17. The normalized spacial score (nSPS) is 26.2. The summed E-state index contributed by atoms with van der Waals surface area (Å²) in [5.41, 5.74) is 2.54. The fourth-order valence-electron chi connectivity index (χ4n) is 3.10. The zero-order valence-corrected chi connectivity index (χ0v) is 10.3. The van der Waals surface area contributed by atoms with E-state index >= 15 is 0 Å². The maximum atomic E-state index is 10.2. The Bertz CT molecular complexity index is 399. The first-order chi connectivity index (χ1) is 8.25. The monoisotopic (exact) mass is 232 g/mol. The lowest BCUT2D eigenvalue weighted by atomic mass is 10.0. The van der Waals surface area contributed by atoms with E-state index in [1.165, 1.54) is 11.3 Å². The highest BCUT2D eigenvalue weighted by Crippen LogP contribution is 2.35. The molecule has 0 amide bonds. The van der Waals surface area contributed by atoms with Gasteiger partial charge >= 0.3 is 0 Å². The second kappa shape index (κ2) is 4.31. The predicted molar refractivity (Wildman–Crippen MR) is 69.2 cm³/mol. The number of piperidine rings is 1. The minimum absolute atomic E-state index is 0.319. The fourth-order valence-corrected chi connectivity index (χ4v) is 3.10. The number of fused-ring (bicyclic) bond motifs is 1. The largest absolute Gasteiger partial charge is 0.373 e. The van der Waals surface area contributed by atoms with Gasteiger partial charge in [0, 0.05) is 18.2 Å². The molecule has 0 spiro atoms. The molecular weight excluding hydrogens is 212 g/mol. The number of hydrogen-bond acceptors (Lipinski definition) is 3. The van der Waals surface area contributed by atoms with Gasteiger partial charge in [-0.15, -0.1) is 0 Å². The quantitative estimate of drug-likeness (QED) is 0.794. The molecule has 2 heterocycles. The van der Waals surface area contributed by atoms with Gasteiger partial charge in [0.15, 0.2) is 0 Å². The summed E-state index contributed by atoms with van der Waals surface area (Å²) >= 11 is 0. The number of aliphatic hydroxyl groups is 1. The molecule has 3 heteroatoms. The Labute approximate surface area is 103 Å². The van der Waals surface area contributed by atoms with Gasteiger partial charge in [-0.2, -0.15) is 0 Å². The van der Waals surface area contributed by atoms with E-state index < -0.39 is 0 Å². The Morgan fingerprint density at radius 2 is 1.88 bits per heavy atom. The third-order valence-electron chi connectivity index (χ3n) is 4.07. The second-order valence-electron chi connectivity index (χ2n) is 5.26. The number of likely N-dealkylation sites (tertiary alicyclic amines) is 1. The van der Waals surface area contributed by atoms with E-state index in [9.17, 15) is 5.11 Å². The van der Waals surface area contributed by atoms with E-state index in [1.54, 1.807) is 0 Å². The number of benzene rings is 1. The highest BCUT2D eigenvalue weighted by molar-refractivity contribution is 5.59. The molecule has 0 radical (unpaired) electrons. The number of rotatable bonds is 1. The molecule has 1 fully saturated rings. The summed E-state index contributed by atoms with van der Waals surface area (Å²) < 4.78 is 0. The molecule has 3 rings (SSSR count). The standard InChI is InChI=1S/C14H20N2O/c1-15-8-6-12(7-9-15)16-13-5-3-2-4-11(13)10-14(16)17/h2-5,12,14,17H,6-10H2,1H3. The first-order valence-corrected chi connectivity index (χ1v) is 6.48. The zero-order valence-electron chi connectivity index (χ0n) is 10.3. The Kier molecular flexibility index (Phi) is 2.81. The van der Waals surface area contributed by atoms with Crippen molar-refractivity contribution in [1.29, 1.82) is 0 Å². The number of anilines is 1. The van der Waals surface area contributed by atoms with Crippen LogP contribution in [-0.4, -0.2) is 42.4 Å². The Morgan fingerprint density at radius 1 is 1.18 bits per heavy atom. The third kappa shape index (κ3) is 1.94. The number of aliphatic hydroxyl groups excluding tert-OH is 1. The van der Waals surface area contributed by atoms with Crippen LogP contribution in [0.4, 0.5) is 5.69 Å². The van der Waals surface area contributed by atoms with Crippen LogP contribution in [0.3, 0.4) is 0 Å². The van der Waals surface area contributed by atoms with Gasteiger partial charge in [0.25, 0.3) is 0 Å². The lowest BCUT2D eigenvalue weighted by molar-refractivity contribution is 0.149. The van der Waals surface area contributed by atoms with Gasteiger partial charge in [0.05, 0.1) is 0 Å². The molecule has 0 aliphatic carbocycles. The molecule has 2 aliphatic heterocycles. The average molecular weight is 232 g/mol. The molecule has 1 aromatic carbocycles. The SMILES string of the molecule is CN1CCC(N2c3ccccc3CC2O)CC1. The Balaban J connectivity index is 1.83. The molecule has 17 heavy (non-hydrogen) atoms. The zero-order chi connectivity index (χ0) is 11.8. The lowest BCUT2D eigenvalue weighted by Gasteiger charge is -2.38. The van der Waals surface area contributed by atoms with E-state index in [1.807, 2.05) is 0 Å². The van der Waals surface area contributed by atoms with Gasteiger partial charge < -0.3 is 14.9 Å². The molecule has 1 saturated heterocycles. The smallest absolute Gasteiger partial charge is 0.131 e. The summed E-state index contributed by atoms with van der Waals surface area (Å²) in [6.07, 6.45) is 2.77. The van der Waals surface area contributed by atoms with E-state index in [0.717, 1.165) is 32.4 Å². The van der Waals surface area contributed by atoms with E-state index in [4.69, 9.17) is 0 Å². The molecule has 1 N–H and O–H groups in total. The van der Waals surface area contributed by atoms with Gasteiger partial charge in [-0.25, -0.2) is 0 Å². The van der Waals surface area contributed by atoms with Crippen molar-refractivity contribution in [2.24, 2.45) is 0 Å². The van der Waals surface area contributed by atoms with Crippen molar-refractivity contribution in [3.8, 4) is 0 Å². The topological polar surface area (TPSA) is 26.7 Å². The molecule has 0 saturated carbocycles. The van der Waals surface area contributed by atoms with Crippen LogP contribution in [0.1, 0.15) is 18.4 Å². The van der Waals surface area contributed by atoms with Crippen LogP contribution < -0.4 is 4.90 Å². The molecule has 1 unspecified atom stereocenters. The molecule has 92 valence electrons.